The number of epoxide rings is 1. The maximum atomic E-state index is 15.1. The first kappa shape index (κ1) is 25.7. The Morgan fingerprint density at radius 1 is 0.921 bits per heavy atom. The molecular weight excluding hydrogens is 493 g/mol. The van der Waals surface area contributed by atoms with Crippen LogP contribution in [0.5, 0.6) is 5.75 Å². The van der Waals surface area contributed by atoms with Crippen LogP contribution in [0.4, 0.5) is 13.2 Å². The molecule has 2 atom stereocenters. The first-order valence-corrected chi connectivity index (χ1v) is 12.4. The van der Waals surface area contributed by atoms with Crippen molar-refractivity contribution in [1.82, 2.24) is 0 Å². The molecule has 0 aromatic heterocycles. The molecule has 4 nitrogen and oxygen atoms in total. The van der Waals surface area contributed by atoms with E-state index in [1.165, 1.54) is 48.5 Å². The van der Waals surface area contributed by atoms with Gasteiger partial charge in [-0.05, 0) is 52.9 Å². The molecular formula is C31H25F3O4. The summed E-state index contributed by atoms with van der Waals surface area (Å²) in [5.41, 5.74) is 2.19. The lowest BCUT2D eigenvalue weighted by atomic mass is 9.97. The number of ether oxygens (including phenoxy) is 2. The second-order valence-corrected chi connectivity index (χ2v) is 9.19. The number of aliphatic hydroxyl groups is 1. The van der Waals surface area contributed by atoms with Crippen LogP contribution < -0.4 is 4.74 Å². The second-order valence-electron chi connectivity index (χ2n) is 9.19. The molecule has 4 aromatic rings. The zero-order chi connectivity index (χ0) is 26.8. The van der Waals surface area contributed by atoms with Crippen molar-refractivity contribution in [2.45, 2.75) is 32.0 Å². The molecule has 1 N–H and O–H groups in total. The number of esters is 1. The topological polar surface area (TPSA) is 59.1 Å². The van der Waals surface area contributed by atoms with Gasteiger partial charge in [-0.25, -0.2) is 18.0 Å². The zero-order valence-corrected chi connectivity index (χ0v) is 20.6. The molecule has 1 saturated heterocycles. The van der Waals surface area contributed by atoms with Gasteiger partial charge in [0.15, 0.2) is 11.6 Å². The summed E-state index contributed by atoms with van der Waals surface area (Å²) in [5, 5.41) is 10.1. The summed E-state index contributed by atoms with van der Waals surface area (Å²) in [5.74, 6) is -3.44. The Labute approximate surface area is 218 Å². The van der Waals surface area contributed by atoms with Crippen LogP contribution in [0, 0.1) is 17.5 Å². The monoisotopic (exact) mass is 518 g/mol. The minimum absolute atomic E-state index is 0.0445. The number of hydrogen-bond acceptors (Lipinski definition) is 4. The van der Waals surface area contributed by atoms with Crippen LogP contribution in [0.2, 0.25) is 0 Å². The average molecular weight is 519 g/mol. The third kappa shape index (κ3) is 5.35. The summed E-state index contributed by atoms with van der Waals surface area (Å²) in [4.78, 5) is 12.4. The van der Waals surface area contributed by atoms with Gasteiger partial charge in [-0.2, -0.15) is 0 Å². The molecule has 1 aliphatic rings. The highest BCUT2D eigenvalue weighted by molar-refractivity contribution is 5.91. The highest BCUT2D eigenvalue weighted by Gasteiger charge is 2.26. The van der Waals surface area contributed by atoms with Crippen LogP contribution in [-0.4, -0.2) is 17.7 Å². The summed E-state index contributed by atoms with van der Waals surface area (Å²) in [6.07, 6.45) is 0.722. The molecule has 2 unspecified atom stereocenters. The van der Waals surface area contributed by atoms with Gasteiger partial charge in [0.1, 0.15) is 17.7 Å². The van der Waals surface area contributed by atoms with Crippen LogP contribution >= 0.6 is 0 Å². The minimum Gasteiger partial charge on any atom is -0.423 e. The maximum Gasteiger partial charge on any atom is 0.346 e. The van der Waals surface area contributed by atoms with Crippen LogP contribution in [0.25, 0.3) is 22.3 Å². The van der Waals surface area contributed by atoms with Crippen molar-refractivity contribution in [3.63, 3.8) is 0 Å². The van der Waals surface area contributed by atoms with Crippen LogP contribution in [0.1, 0.15) is 53.5 Å². The van der Waals surface area contributed by atoms with E-state index in [1.54, 1.807) is 30.3 Å². The normalized spacial score (nSPS) is 15.2. The van der Waals surface area contributed by atoms with Crippen LogP contribution in [0.15, 0.2) is 78.9 Å². The lowest BCUT2D eigenvalue weighted by molar-refractivity contribution is 0.0730. The fourth-order valence-electron chi connectivity index (χ4n) is 4.32. The third-order valence-corrected chi connectivity index (χ3v) is 6.54. The van der Waals surface area contributed by atoms with Gasteiger partial charge in [0, 0.05) is 11.1 Å². The molecule has 1 fully saturated rings. The summed E-state index contributed by atoms with van der Waals surface area (Å²) < 4.78 is 54.8. The molecule has 194 valence electrons. The molecule has 0 amide bonds. The van der Waals surface area contributed by atoms with E-state index in [0.717, 1.165) is 12.0 Å². The standard InChI is InChI=1S/C31H25F3O4/c1-2-3-27(35)20-6-4-18(5-7-20)23-14-15-24(30(34)29(23)33)19-8-11-22(12-9-19)38-31(36)25-13-10-21(16-26(25)32)28-17-37-28/h4-16,27-28,35H,2-3,17H2,1H3. The Bertz CT molecular complexity index is 1460. The van der Waals surface area contributed by atoms with Crippen LogP contribution in [0.3, 0.4) is 0 Å². The summed E-state index contributed by atoms with van der Waals surface area (Å²) in [7, 11) is 0. The first-order chi connectivity index (χ1) is 18.4. The molecule has 4 aromatic carbocycles. The van der Waals surface area contributed by atoms with Gasteiger partial charge >= 0.3 is 5.97 Å². The molecule has 0 radical (unpaired) electrons. The van der Waals surface area contributed by atoms with Crippen molar-refractivity contribution in [2.24, 2.45) is 0 Å². The van der Waals surface area contributed by atoms with Crippen molar-refractivity contribution >= 4 is 5.97 Å². The Hall–Kier alpha value is -3.94. The van der Waals surface area contributed by atoms with E-state index in [2.05, 4.69) is 0 Å². The number of carbonyl (C=O) groups is 1. The molecule has 5 rings (SSSR count). The van der Waals surface area contributed by atoms with Gasteiger partial charge in [0.05, 0.1) is 18.3 Å². The molecule has 0 aliphatic carbocycles. The van der Waals surface area contributed by atoms with E-state index < -0.39 is 29.5 Å². The maximum absolute atomic E-state index is 15.1. The lowest BCUT2D eigenvalue weighted by Crippen LogP contribution is -2.11. The van der Waals surface area contributed by atoms with E-state index in [4.69, 9.17) is 9.47 Å². The second kappa shape index (κ2) is 10.8. The van der Waals surface area contributed by atoms with Gasteiger partial charge in [-0.15, -0.1) is 0 Å². The number of rotatable bonds is 8. The largest absolute Gasteiger partial charge is 0.423 e. The number of carbonyl (C=O) groups excluding carboxylic acids is 1. The summed E-state index contributed by atoms with van der Waals surface area (Å²) in [6, 6.07) is 19.8. The van der Waals surface area contributed by atoms with Crippen molar-refractivity contribution in [3.8, 4) is 28.0 Å². The van der Waals surface area contributed by atoms with E-state index in [9.17, 15) is 14.3 Å². The number of halogens is 3. The Kier molecular flexibility index (Phi) is 7.31. The first-order valence-electron chi connectivity index (χ1n) is 12.4. The fourth-order valence-corrected chi connectivity index (χ4v) is 4.32. The molecule has 38 heavy (non-hydrogen) atoms. The number of aliphatic hydroxyl groups excluding tert-OH is 1. The van der Waals surface area contributed by atoms with Gasteiger partial charge < -0.3 is 14.6 Å². The van der Waals surface area contributed by atoms with Crippen molar-refractivity contribution in [3.05, 3.63) is 113 Å². The molecule has 7 heteroatoms. The average Bonchev–Trinajstić information content (AvgIpc) is 3.77. The van der Waals surface area contributed by atoms with Crippen molar-refractivity contribution in [2.75, 3.05) is 6.61 Å². The predicted molar refractivity (Wildman–Crippen MR) is 137 cm³/mol. The molecule has 1 heterocycles. The predicted octanol–water partition coefficient (Wildman–Crippen LogP) is 7.56. The van der Waals surface area contributed by atoms with E-state index in [1.807, 2.05) is 6.92 Å². The van der Waals surface area contributed by atoms with E-state index in [-0.39, 0.29) is 28.5 Å². The lowest BCUT2D eigenvalue weighted by Gasteiger charge is -2.12. The van der Waals surface area contributed by atoms with Crippen molar-refractivity contribution in [1.29, 1.82) is 0 Å². The Morgan fingerprint density at radius 3 is 2.03 bits per heavy atom. The summed E-state index contributed by atoms with van der Waals surface area (Å²) >= 11 is 0. The number of hydrogen-bond donors (Lipinski definition) is 1. The Morgan fingerprint density at radius 2 is 1.50 bits per heavy atom. The zero-order valence-electron chi connectivity index (χ0n) is 20.6. The van der Waals surface area contributed by atoms with Gasteiger partial charge in [0.25, 0.3) is 0 Å². The smallest absolute Gasteiger partial charge is 0.346 e. The van der Waals surface area contributed by atoms with Gasteiger partial charge in [-0.3, -0.25) is 0 Å². The van der Waals surface area contributed by atoms with E-state index in [0.29, 0.717) is 29.7 Å². The Balaban J connectivity index is 1.31. The van der Waals surface area contributed by atoms with Gasteiger partial charge in [-0.1, -0.05) is 67.9 Å². The third-order valence-electron chi connectivity index (χ3n) is 6.54. The van der Waals surface area contributed by atoms with Crippen molar-refractivity contribution < 1.29 is 32.5 Å². The minimum atomic E-state index is -1.01. The molecule has 1 aliphatic heterocycles. The molecule has 0 bridgehead atoms. The molecule has 0 spiro atoms. The van der Waals surface area contributed by atoms with E-state index >= 15 is 8.78 Å². The number of benzene rings is 4. The molecule has 0 saturated carbocycles. The highest BCUT2D eigenvalue weighted by Crippen LogP contribution is 2.34. The SMILES string of the molecule is CCCC(O)c1ccc(-c2ccc(-c3ccc(OC(=O)c4ccc(C5CO5)cc4F)cc3)c(F)c2F)cc1. The summed E-state index contributed by atoms with van der Waals surface area (Å²) in [6.45, 7) is 2.50. The highest BCUT2D eigenvalue weighted by atomic mass is 19.2. The quantitative estimate of drug-likeness (QED) is 0.149. The fraction of sp³-hybridized carbons (Fsp3) is 0.194. The van der Waals surface area contributed by atoms with Gasteiger partial charge in [0.2, 0.25) is 0 Å². The van der Waals surface area contributed by atoms with Crippen LogP contribution in [-0.2, 0) is 4.74 Å².